The molecule has 4 aromatic rings. The Bertz CT molecular complexity index is 1060. The number of nitriles is 1. The molecule has 0 aliphatic carbocycles. The van der Waals surface area contributed by atoms with Crippen molar-refractivity contribution in [1.29, 1.82) is 5.26 Å². The van der Waals surface area contributed by atoms with Gasteiger partial charge in [-0.1, -0.05) is 95.5 Å². The molecule has 0 unspecified atom stereocenters. The number of nitrogens with zero attached hydrogens (tertiary/aromatic N) is 1. The quantitative estimate of drug-likeness (QED) is 0.342. The van der Waals surface area contributed by atoms with Gasteiger partial charge in [-0.3, -0.25) is 0 Å². The molecule has 0 bridgehead atoms. The minimum atomic E-state index is -0.750. The van der Waals surface area contributed by atoms with Gasteiger partial charge in [0.25, 0.3) is 0 Å². The van der Waals surface area contributed by atoms with Crippen molar-refractivity contribution in [3.8, 4) is 28.5 Å². The van der Waals surface area contributed by atoms with Crippen LogP contribution in [0.15, 0.2) is 78.9 Å². The fourth-order valence-electron chi connectivity index (χ4n) is 2.99. The van der Waals surface area contributed by atoms with E-state index in [0.29, 0.717) is 5.56 Å². The second kappa shape index (κ2) is 8.97. The minimum absolute atomic E-state index is 0.674. The number of hydrogen-bond donors (Lipinski definition) is 1. The summed E-state index contributed by atoms with van der Waals surface area (Å²) < 4.78 is -0.750. The van der Waals surface area contributed by atoms with Crippen molar-refractivity contribution in [2.45, 2.75) is 4.30 Å². The van der Waals surface area contributed by atoms with Gasteiger partial charge in [0, 0.05) is 16.5 Å². The van der Waals surface area contributed by atoms with Crippen molar-refractivity contribution < 1.29 is 0 Å². The van der Waals surface area contributed by atoms with Crippen LogP contribution in [0.4, 0.5) is 0 Å². The highest BCUT2D eigenvalue weighted by molar-refractivity contribution is 6.63. The maximum absolute atomic E-state index is 9.22. The number of alkyl halides is 3. The van der Waals surface area contributed by atoms with Crippen molar-refractivity contribution in [2.24, 2.45) is 0 Å². The van der Waals surface area contributed by atoms with Crippen molar-refractivity contribution in [3.05, 3.63) is 84.4 Å². The molecule has 0 atom stereocenters. The van der Waals surface area contributed by atoms with Gasteiger partial charge < -0.3 is 4.98 Å². The molecule has 0 fully saturated rings. The molecule has 1 N–H and O–H groups in total. The molecule has 1 aromatic heterocycles. The van der Waals surface area contributed by atoms with Crippen LogP contribution < -0.4 is 0 Å². The SMILES string of the molecule is ClC(Cl)Cl.N#Cc1ccc2[nH]c(-c3ccccc3)c(-c3ccccc3)c2c1. The topological polar surface area (TPSA) is 39.6 Å². The van der Waals surface area contributed by atoms with Crippen molar-refractivity contribution in [1.82, 2.24) is 4.98 Å². The Morgan fingerprint density at radius 1 is 0.778 bits per heavy atom. The molecule has 2 nitrogen and oxygen atoms in total. The molecule has 0 amide bonds. The third kappa shape index (κ3) is 4.64. The molecule has 0 aliphatic heterocycles. The number of rotatable bonds is 2. The Morgan fingerprint density at radius 2 is 1.33 bits per heavy atom. The largest absolute Gasteiger partial charge is 0.354 e. The molecule has 0 spiro atoms. The standard InChI is InChI=1S/C21H14N2.CHCl3/c22-14-15-11-12-19-18(13-15)20(16-7-3-1-4-8-16)21(23-19)17-9-5-2-6-10-17;2-1(3)4/h1-13,23H;1H. The highest BCUT2D eigenvalue weighted by Crippen LogP contribution is 2.38. The van der Waals surface area contributed by atoms with Gasteiger partial charge in [0.2, 0.25) is 0 Å². The smallest absolute Gasteiger partial charge is 0.180 e. The summed E-state index contributed by atoms with van der Waals surface area (Å²) in [6, 6.07) is 28.6. The van der Waals surface area contributed by atoms with E-state index in [9.17, 15) is 5.26 Å². The Labute approximate surface area is 172 Å². The highest BCUT2D eigenvalue weighted by Gasteiger charge is 2.15. The van der Waals surface area contributed by atoms with E-state index in [1.807, 2.05) is 54.6 Å². The van der Waals surface area contributed by atoms with E-state index in [1.54, 1.807) is 0 Å². The predicted molar refractivity (Wildman–Crippen MR) is 115 cm³/mol. The monoisotopic (exact) mass is 412 g/mol. The number of hydrogen-bond acceptors (Lipinski definition) is 1. The van der Waals surface area contributed by atoms with Crippen LogP contribution in [0.25, 0.3) is 33.3 Å². The number of fused-ring (bicyclic) bond motifs is 1. The van der Waals surface area contributed by atoms with Gasteiger partial charge in [-0.15, -0.1) is 0 Å². The zero-order valence-electron chi connectivity index (χ0n) is 14.2. The van der Waals surface area contributed by atoms with Gasteiger partial charge in [0.1, 0.15) is 0 Å². The third-order valence-corrected chi connectivity index (χ3v) is 4.05. The average Bonchev–Trinajstić information content (AvgIpc) is 3.07. The van der Waals surface area contributed by atoms with Gasteiger partial charge in [0.05, 0.1) is 17.3 Å². The van der Waals surface area contributed by atoms with E-state index in [4.69, 9.17) is 34.8 Å². The molecule has 0 aliphatic rings. The molecule has 134 valence electrons. The van der Waals surface area contributed by atoms with E-state index in [-0.39, 0.29) is 0 Å². The second-order valence-corrected chi connectivity index (χ2v) is 7.71. The summed E-state index contributed by atoms with van der Waals surface area (Å²) in [6.07, 6.45) is 0. The average molecular weight is 414 g/mol. The second-order valence-electron chi connectivity index (χ2n) is 5.73. The van der Waals surface area contributed by atoms with Gasteiger partial charge in [-0.05, 0) is 29.3 Å². The highest BCUT2D eigenvalue weighted by atomic mass is 35.6. The minimum Gasteiger partial charge on any atom is -0.354 e. The number of nitrogens with one attached hydrogen (secondary N) is 1. The number of aromatic nitrogens is 1. The van der Waals surface area contributed by atoms with E-state index in [2.05, 4.69) is 35.3 Å². The number of H-pyrrole nitrogens is 1. The Hall–Kier alpha value is -2.44. The molecule has 1 heterocycles. The van der Waals surface area contributed by atoms with Crippen LogP contribution in [0.5, 0.6) is 0 Å². The molecule has 0 saturated carbocycles. The van der Waals surface area contributed by atoms with Crippen LogP contribution in [0.1, 0.15) is 5.56 Å². The fraction of sp³-hybridized carbons (Fsp3) is 0.0455. The lowest BCUT2D eigenvalue weighted by atomic mass is 9.98. The summed E-state index contributed by atoms with van der Waals surface area (Å²) in [4.78, 5) is 3.52. The zero-order valence-corrected chi connectivity index (χ0v) is 16.4. The Balaban J connectivity index is 0.000000481. The molecular formula is C22H15Cl3N2. The van der Waals surface area contributed by atoms with Gasteiger partial charge in [-0.2, -0.15) is 5.26 Å². The molecule has 4 rings (SSSR count). The van der Waals surface area contributed by atoms with Crippen LogP contribution >= 0.6 is 34.8 Å². The van der Waals surface area contributed by atoms with E-state index in [1.165, 1.54) is 0 Å². The van der Waals surface area contributed by atoms with Gasteiger partial charge in [-0.25, -0.2) is 0 Å². The number of halogens is 3. The molecule has 5 heteroatoms. The van der Waals surface area contributed by atoms with Gasteiger partial charge >= 0.3 is 0 Å². The van der Waals surface area contributed by atoms with Crippen molar-refractivity contribution in [2.75, 3.05) is 0 Å². The Kier molecular flexibility index (Phi) is 6.42. The number of benzene rings is 3. The van der Waals surface area contributed by atoms with E-state index < -0.39 is 4.30 Å². The first-order valence-corrected chi connectivity index (χ1v) is 9.50. The van der Waals surface area contributed by atoms with Gasteiger partial charge in [0.15, 0.2) is 4.30 Å². The van der Waals surface area contributed by atoms with Crippen LogP contribution in [-0.4, -0.2) is 9.28 Å². The molecule has 3 aromatic carbocycles. The summed E-state index contributed by atoms with van der Waals surface area (Å²) in [6.45, 7) is 0. The molecule has 27 heavy (non-hydrogen) atoms. The maximum atomic E-state index is 9.22. The fourth-order valence-corrected chi connectivity index (χ4v) is 2.99. The Morgan fingerprint density at radius 3 is 1.89 bits per heavy atom. The predicted octanol–water partition coefficient (Wildman–Crippen LogP) is 7.36. The summed E-state index contributed by atoms with van der Waals surface area (Å²) in [5.74, 6) is 0. The van der Waals surface area contributed by atoms with Crippen LogP contribution in [0, 0.1) is 11.3 Å². The van der Waals surface area contributed by atoms with Crippen molar-refractivity contribution in [3.63, 3.8) is 0 Å². The summed E-state index contributed by atoms with van der Waals surface area (Å²) >= 11 is 14.4. The van der Waals surface area contributed by atoms with E-state index >= 15 is 0 Å². The maximum Gasteiger partial charge on any atom is 0.180 e. The lowest BCUT2D eigenvalue weighted by molar-refractivity contribution is 1.44. The summed E-state index contributed by atoms with van der Waals surface area (Å²) in [5, 5.41) is 10.3. The normalized spacial score (nSPS) is 10.3. The van der Waals surface area contributed by atoms with Crippen LogP contribution in [0.2, 0.25) is 0 Å². The number of aromatic amines is 1. The molecule has 0 radical (unpaired) electrons. The van der Waals surface area contributed by atoms with Crippen LogP contribution in [0.3, 0.4) is 0 Å². The molecular weight excluding hydrogens is 399 g/mol. The summed E-state index contributed by atoms with van der Waals surface area (Å²) in [5.41, 5.74) is 6.23. The third-order valence-electron chi connectivity index (χ3n) is 4.05. The van der Waals surface area contributed by atoms with E-state index in [0.717, 1.165) is 33.3 Å². The van der Waals surface area contributed by atoms with Crippen LogP contribution in [-0.2, 0) is 0 Å². The lowest BCUT2D eigenvalue weighted by Gasteiger charge is -2.05. The molecule has 0 saturated heterocycles. The zero-order chi connectivity index (χ0) is 19.2. The first kappa shape index (κ1) is 19.3. The first-order chi connectivity index (χ1) is 13.1. The summed E-state index contributed by atoms with van der Waals surface area (Å²) in [7, 11) is 0. The first-order valence-electron chi connectivity index (χ1n) is 8.19. The lowest BCUT2D eigenvalue weighted by Crippen LogP contribution is -1.82. The van der Waals surface area contributed by atoms with Crippen molar-refractivity contribution >= 4 is 45.7 Å².